The van der Waals surface area contributed by atoms with Crippen molar-refractivity contribution in [3.8, 4) is 0 Å². The minimum atomic E-state index is -0.0180. The van der Waals surface area contributed by atoms with Crippen LogP contribution >= 0.6 is 0 Å². The molecule has 2 rings (SSSR count). The first-order chi connectivity index (χ1) is 10.1. The van der Waals surface area contributed by atoms with Crippen LogP contribution in [0.25, 0.3) is 0 Å². The molecule has 0 bridgehead atoms. The molecule has 0 spiro atoms. The summed E-state index contributed by atoms with van der Waals surface area (Å²) in [7, 11) is 4.00. The average molecular weight is 283 g/mol. The highest BCUT2D eigenvalue weighted by Crippen LogP contribution is 2.15. The molecule has 0 saturated carbocycles. The van der Waals surface area contributed by atoms with Crippen LogP contribution < -0.4 is 15.5 Å². The van der Waals surface area contributed by atoms with Crippen molar-refractivity contribution in [1.29, 1.82) is 0 Å². The van der Waals surface area contributed by atoms with E-state index in [1.54, 1.807) is 0 Å². The fraction of sp³-hybridized carbons (Fsp3) is 0.235. The van der Waals surface area contributed by atoms with Crippen molar-refractivity contribution in [2.24, 2.45) is 0 Å². The standard InChI is InChI=1S/C17H21N3O/c1-20(2)16-10-8-15(9-11-16)18-13-17(21)19-12-14-6-4-3-5-7-14/h3-11,18H,12-13H2,1-2H3,(H,19,21). The second kappa shape index (κ2) is 7.33. The van der Waals surface area contributed by atoms with Crippen LogP contribution in [0.2, 0.25) is 0 Å². The van der Waals surface area contributed by atoms with Crippen LogP contribution in [0.5, 0.6) is 0 Å². The molecule has 4 heteroatoms. The van der Waals surface area contributed by atoms with Crippen LogP contribution in [0, 0.1) is 0 Å². The van der Waals surface area contributed by atoms with E-state index < -0.39 is 0 Å². The summed E-state index contributed by atoms with van der Waals surface area (Å²) in [5.41, 5.74) is 3.17. The molecule has 0 unspecified atom stereocenters. The SMILES string of the molecule is CN(C)c1ccc(NCC(=O)NCc2ccccc2)cc1. The van der Waals surface area contributed by atoms with Crippen LogP contribution in [0.3, 0.4) is 0 Å². The third kappa shape index (κ3) is 4.84. The van der Waals surface area contributed by atoms with Gasteiger partial charge in [0.15, 0.2) is 0 Å². The van der Waals surface area contributed by atoms with Crippen molar-refractivity contribution in [1.82, 2.24) is 5.32 Å². The number of hydrogen-bond acceptors (Lipinski definition) is 3. The van der Waals surface area contributed by atoms with Gasteiger partial charge in [0.25, 0.3) is 0 Å². The van der Waals surface area contributed by atoms with E-state index in [1.807, 2.05) is 73.6 Å². The molecule has 2 N–H and O–H groups in total. The molecule has 21 heavy (non-hydrogen) atoms. The van der Waals surface area contributed by atoms with Crippen molar-refractivity contribution in [2.45, 2.75) is 6.54 Å². The lowest BCUT2D eigenvalue weighted by Gasteiger charge is -2.13. The van der Waals surface area contributed by atoms with Gasteiger partial charge in [-0.15, -0.1) is 0 Å². The number of rotatable bonds is 6. The Morgan fingerprint density at radius 2 is 1.67 bits per heavy atom. The molecule has 2 aromatic carbocycles. The Morgan fingerprint density at radius 1 is 1.00 bits per heavy atom. The predicted octanol–water partition coefficient (Wildman–Crippen LogP) is 2.48. The van der Waals surface area contributed by atoms with Gasteiger partial charge in [-0.2, -0.15) is 0 Å². The highest BCUT2D eigenvalue weighted by Gasteiger charge is 2.01. The number of anilines is 2. The molecule has 1 amide bonds. The zero-order valence-electron chi connectivity index (χ0n) is 12.5. The number of carbonyl (C=O) groups is 1. The molecule has 4 nitrogen and oxygen atoms in total. The van der Waals surface area contributed by atoms with Crippen LogP contribution in [0.15, 0.2) is 54.6 Å². The largest absolute Gasteiger partial charge is 0.378 e. The van der Waals surface area contributed by atoms with Gasteiger partial charge >= 0.3 is 0 Å². The minimum absolute atomic E-state index is 0.0180. The monoisotopic (exact) mass is 283 g/mol. The predicted molar refractivity (Wildman–Crippen MR) is 87.5 cm³/mol. The normalized spacial score (nSPS) is 10.0. The summed E-state index contributed by atoms with van der Waals surface area (Å²) in [4.78, 5) is 13.8. The third-order valence-corrected chi connectivity index (χ3v) is 3.17. The van der Waals surface area contributed by atoms with Crippen LogP contribution in [-0.4, -0.2) is 26.5 Å². The molecule has 0 radical (unpaired) electrons. The second-order valence-electron chi connectivity index (χ2n) is 5.06. The Kier molecular flexibility index (Phi) is 5.21. The highest BCUT2D eigenvalue weighted by molar-refractivity contribution is 5.80. The molecule has 0 fully saturated rings. The lowest BCUT2D eigenvalue weighted by molar-refractivity contribution is -0.119. The van der Waals surface area contributed by atoms with Gasteiger partial charge in [-0.05, 0) is 29.8 Å². The van der Waals surface area contributed by atoms with Crippen molar-refractivity contribution in [3.63, 3.8) is 0 Å². The van der Waals surface area contributed by atoms with E-state index in [1.165, 1.54) is 0 Å². The average Bonchev–Trinajstić information content (AvgIpc) is 2.52. The summed E-state index contributed by atoms with van der Waals surface area (Å²) < 4.78 is 0. The summed E-state index contributed by atoms with van der Waals surface area (Å²) in [6.07, 6.45) is 0. The minimum Gasteiger partial charge on any atom is -0.378 e. The van der Waals surface area contributed by atoms with E-state index in [0.29, 0.717) is 6.54 Å². The molecule has 0 saturated heterocycles. The Hall–Kier alpha value is -2.49. The first-order valence-corrected chi connectivity index (χ1v) is 6.97. The lowest BCUT2D eigenvalue weighted by atomic mass is 10.2. The first kappa shape index (κ1) is 14.9. The van der Waals surface area contributed by atoms with E-state index in [4.69, 9.17) is 0 Å². The molecule has 0 heterocycles. The van der Waals surface area contributed by atoms with Gasteiger partial charge in [0.05, 0.1) is 6.54 Å². The molecular weight excluding hydrogens is 262 g/mol. The maximum absolute atomic E-state index is 11.8. The Labute approximate surface area is 125 Å². The summed E-state index contributed by atoms with van der Waals surface area (Å²) >= 11 is 0. The number of carbonyl (C=O) groups excluding carboxylic acids is 1. The van der Waals surface area contributed by atoms with Gasteiger partial charge < -0.3 is 15.5 Å². The molecule has 0 aliphatic heterocycles. The van der Waals surface area contributed by atoms with Gasteiger partial charge in [-0.3, -0.25) is 4.79 Å². The molecule has 110 valence electrons. The maximum Gasteiger partial charge on any atom is 0.239 e. The fourth-order valence-corrected chi connectivity index (χ4v) is 1.92. The summed E-state index contributed by atoms with van der Waals surface area (Å²) in [5, 5.41) is 6.01. The Balaban J connectivity index is 1.76. The number of amides is 1. The first-order valence-electron chi connectivity index (χ1n) is 6.97. The molecule has 0 aliphatic carbocycles. The van der Waals surface area contributed by atoms with E-state index in [2.05, 4.69) is 10.6 Å². The zero-order valence-corrected chi connectivity index (χ0v) is 12.5. The highest BCUT2D eigenvalue weighted by atomic mass is 16.1. The summed E-state index contributed by atoms with van der Waals surface area (Å²) in [6, 6.07) is 17.9. The van der Waals surface area contributed by atoms with E-state index in [0.717, 1.165) is 16.9 Å². The zero-order chi connectivity index (χ0) is 15.1. The fourth-order valence-electron chi connectivity index (χ4n) is 1.92. The van der Waals surface area contributed by atoms with Gasteiger partial charge in [0, 0.05) is 32.0 Å². The smallest absolute Gasteiger partial charge is 0.239 e. The van der Waals surface area contributed by atoms with Crippen LogP contribution in [0.4, 0.5) is 11.4 Å². The molecular formula is C17H21N3O. The number of nitrogens with one attached hydrogen (secondary N) is 2. The van der Waals surface area contributed by atoms with Crippen LogP contribution in [0.1, 0.15) is 5.56 Å². The number of hydrogen-bond donors (Lipinski definition) is 2. The summed E-state index contributed by atoms with van der Waals surface area (Å²) in [6.45, 7) is 0.828. The van der Waals surface area contributed by atoms with Crippen molar-refractivity contribution in [2.75, 3.05) is 30.9 Å². The molecule has 0 aromatic heterocycles. The van der Waals surface area contributed by atoms with E-state index >= 15 is 0 Å². The Morgan fingerprint density at radius 3 is 2.29 bits per heavy atom. The molecule has 0 atom stereocenters. The second-order valence-corrected chi connectivity index (χ2v) is 5.06. The van der Waals surface area contributed by atoms with Gasteiger partial charge in [-0.25, -0.2) is 0 Å². The van der Waals surface area contributed by atoms with Crippen molar-refractivity contribution >= 4 is 17.3 Å². The molecule has 2 aromatic rings. The van der Waals surface area contributed by atoms with Crippen molar-refractivity contribution < 1.29 is 4.79 Å². The van der Waals surface area contributed by atoms with Gasteiger partial charge in [-0.1, -0.05) is 30.3 Å². The third-order valence-electron chi connectivity index (χ3n) is 3.17. The quantitative estimate of drug-likeness (QED) is 0.856. The number of benzene rings is 2. The van der Waals surface area contributed by atoms with E-state index in [-0.39, 0.29) is 12.5 Å². The van der Waals surface area contributed by atoms with Gasteiger partial charge in [0.1, 0.15) is 0 Å². The topological polar surface area (TPSA) is 44.4 Å². The van der Waals surface area contributed by atoms with Gasteiger partial charge in [0.2, 0.25) is 5.91 Å². The van der Waals surface area contributed by atoms with Crippen LogP contribution in [-0.2, 0) is 11.3 Å². The summed E-state index contributed by atoms with van der Waals surface area (Å²) in [5.74, 6) is -0.0180. The molecule has 0 aliphatic rings. The number of nitrogens with zero attached hydrogens (tertiary/aromatic N) is 1. The maximum atomic E-state index is 11.8. The van der Waals surface area contributed by atoms with E-state index in [9.17, 15) is 4.79 Å². The Bertz CT molecular complexity index is 564. The van der Waals surface area contributed by atoms with Crippen molar-refractivity contribution in [3.05, 3.63) is 60.2 Å². The lowest BCUT2D eigenvalue weighted by Crippen LogP contribution is -2.29.